The molecule has 24 heavy (non-hydrogen) atoms. The predicted octanol–water partition coefficient (Wildman–Crippen LogP) is 2.83. The molecule has 0 amide bonds. The summed E-state index contributed by atoms with van der Waals surface area (Å²) in [7, 11) is 0. The molecule has 5 rings (SSSR count). The SMILES string of the molecule is c1cc(C2SCC3OCCOC32)ccc1C1SCC2OCCOC21. The zero-order chi connectivity index (χ0) is 15.9. The molecule has 4 aliphatic rings. The fourth-order valence-electron chi connectivity index (χ4n) is 4.06. The van der Waals surface area contributed by atoms with Crippen LogP contribution in [0.3, 0.4) is 0 Å². The standard InChI is InChI=1S/C18H22O4S2/c1-2-12(18-16-14(10-24-18)20-6-8-22-16)4-3-11(1)17-15-13(9-23-17)19-5-7-21-15/h1-4,13-18H,5-10H2. The van der Waals surface area contributed by atoms with Crippen molar-refractivity contribution in [2.75, 3.05) is 37.9 Å². The van der Waals surface area contributed by atoms with Gasteiger partial charge >= 0.3 is 0 Å². The molecule has 130 valence electrons. The molecule has 1 aromatic rings. The lowest BCUT2D eigenvalue weighted by Crippen LogP contribution is -2.38. The molecule has 6 heteroatoms. The zero-order valence-corrected chi connectivity index (χ0v) is 15.1. The Balaban J connectivity index is 1.32. The molecule has 0 radical (unpaired) electrons. The van der Waals surface area contributed by atoms with Crippen LogP contribution in [-0.2, 0) is 18.9 Å². The highest BCUT2D eigenvalue weighted by atomic mass is 32.2. The number of fused-ring (bicyclic) bond motifs is 2. The molecular weight excluding hydrogens is 344 g/mol. The smallest absolute Gasteiger partial charge is 0.100 e. The largest absolute Gasteiger partial charge is 0.372 e. The molecule has 0 aliphatic carbocycles. The predicted molar refractivity (Wildman–Crippen MR) is 95.8 cm³/mol. The summed E-state index contributed by atoms with van der Waals surface area (Å²) in [6.07, 6.45) is 0.921. The molecule has 1 aromatic carbocycles. The van der Waals surface area contributed by atoms with Crippen molar-refractivity contribution in [1.29, 1.82) is 0 Å². The quantitative estimate of drug-likeness (QED) is 0.801. The summed E-state index contributed by atoms with van der Waals surface area (Å²) in [6, 6.07) is 9.08. The number of thioether (sulfide) groups is 2. The molecular formula is C18H22O4S2. The normalized spacial score (nSPS) is 41.8. The van der Waals surface area contributed by atoms with E-state index in [4.69, 9.17) is 18.9 Å². The van der Waals surface area contributed by atoms with Gasteiger partial charge in [0.1, 0.15) is 12.2 Å². The summed E-state index contributed by atoms with van der Waals surface area (Å²) in [5.74, 6) is 2.06. The van der Waals surface area contributed by atoms with Crippen LogP contribution in [0.2, 0.25) is 0 Å². The first-order chi connectivity index (χ1) is 11.9. The van der Waals surface area contributed by atoms with Gasteiger partial charge in [-0.05, 0) is 11.1 Å². The monoisotopic (exact) mass is 366 g/mol. The summed E-state index contributed by atoms with van der Waals surface area (Å²) in [5.41, 5.74) is 2.70. The van der Waals surface area contributed by atoms with E-state index in [0.29, 0.717) is 10.5 Å². The van der Waals surface area contributed by atoms with Crippen molar-refractivity contribution in [3.8, 4) is 0 Å². The second kappa shape index (κ2) is 6.82. The summed E-state index contributed by atoms with van der Waals surface area (Å²) in [4.78, 5) is 0. The van der Waals surface area contributed by atoms with Gasteiger partial charge in [0.15, 0.2) is 0 Å². The number of hydrogen-bond donors (Lipinski definition) is 0. The maximum atomic E-state index is 5.98. The number of benzene rings is 1. The molecule has 4 aliphatic heterocycles. The average molecular weight is 367 g/mol. The van der Waals surface area contributed by atoms with E-state index in [2.05, 4.69) is 24.3 Å². The van der Waals surface area contributed by atoms with Crippen molar-refractivity contribution in [3.05, 3.63) is 35.4 Å². The third kappa shape index (κ3) is 2.81. The van der Waals surface area contributed by atoms with Crippen molar-refractivity contribution in [2.24, 2.45) is 0 Å². The van der Waals surface area contributed by atoms with E-state index in [1.54, 1.807) is 0 Å². The molecule has 4 saturated heterocycles. The van der Waals surface area contributed by atoms with Crippen LogP contribution in [0, 0.1) is 0 Å². The fourth-order valence-corrected chi connectivity index (χ4v) is 7.01. The highest BCUT2D eigenvalue weighted by molar-refractivity contribution is 8.00. The Morgan fingerprint density at radius 1 is 0.625 bits per heavy atom. The number of rotatable bonds is 2. The van der Waals surface area contributed by atoms with Gasteiger partial charge in [-0.1, -0.05) is 24.3 Å². The van der Waals surface area contributed by atoms with E-state index in [-0.39, 0.29) is 24.4 Å². The molecule has 0 spiro atoms. The topological polar surface area (TPSA) is 36.9 Å². The summed E-state index contributed by atoms with van der Waals surface area (Å²) in [6.45, 7) is 2.90. The molecule has 0 aromatic heterocycles. The lowest BCUT2D eigenvalue weighted by molar-refractivity contribution is -0.125. The van der Waals surface area contributed by atoms with Crippen molar-refractivity contribution in [1.82, 2.24) is 0 Å². The second-order valence-electron chi connectivity index (χ2n) is 6.66. The van der Waals surface area contributed by atoms with Gasteiger partial charge < -0.3 is 18.9 Å². The van der Waals surface area contributed by atoms with Gasteiger partial charge in [0.2, 0.25) is 0 Å². The Bertz CT molecular complexity index is 530. The van der Waals surface area contributed by atoms with Gasteiger partial charge in [-0.2, -0.15) is 0 Å². The van der Waals surface area contributed by atoms with Crippen LogP contribution in [0.5, 0.6) is 0 Å². The van der Waals surface area contributed by atoms with Crippen LogP contribution in [0.4, 0.5) is 0 Å². The van der Waals surface area contributed by atoms with Gasteiger partial charge in [0, 0.05) is 11.5 Å². The lowest BCUT2D eigenvalue weighted by atomic mass is 9.99. The number of ether oxygens (including phenoxy) is 4. The van der Waals surface area contributed by atoms with Crippen LogP contribution in [-0.4, -0.2) is 62.3 Å². The summed E-state index contributed by atoms with van der Waals surface area (Å²) in [5, 5.41) is 0.783. The molecule has 6 unspecified atom stereocenters. The van der Waals surface area contributed by atoms with Gasteiger partial charge in [-0.3, -0.25) is 0 Å². The molecule has 4 nitrogen and oxygen atoms in total. The third-order valence-electron chi connectivity index (χ3n) is 5.25. The van der Waals surface area contributed by atoms with Crippen LogP contribution in [0.15, 0.2) is 24.3 Å². The van der Waals surface area contributed by atoms with Crippen molar-refractivity contribution in [3.63, 3.8) is 0 Å². The molecule has 4 fully saturated rings. The van der Waals surface area contributed by atoms with E-state index in [1.807, 2.05) is 23.5 Å². The van der Waals surface area contributed by atoms with Crippen molar-refractivity contribution >= 4 is 23.5 Å². The maximum Gasteiger partial charge on any atom is 0.100 e. The maximum absolute atomic E-state index is 5.98. The Morgan fingerprint density at radius 2 is 1.04 bits per heavy atom. The third-order valence-corrected chi connectivity index (χ3v) is 8.10. The van der Waals surface area contributed by atoms with E-state index in [9.17, 15) is 0 Å². The first-order valence-electron chi connectivity index (χ1n) is 8.69. The Labute approximate surface area is 150 Å². The number of hydrogen-bond acceptors (Lipinski definition) is 6. The molecule has 6 atom stereocenters. The highest BCUT2D eigenvalue weighted by Crippen LogP contribution is 2.47. The van der Waals surface area contributed by atoms with Gasteiger partial charge in [-0.15, -0.1) is 23.5 Å². The van der Waals surface area contributed by atoms with E-state index in [1.165, 1.54) is 11.1 Å². The van der Waals surface area contributed by atoms with Crippen LogP contribution >= 0.6 is 23.5 Å². The van der Waals surface area contributed by atoms with Crippen LogP contribution in [0.25, 0.3) is 0 Å². The molecule has 4 heterocycles. The minimum atomic E-state index is 0.204. The summed E-state index contributed by atoms with van der Waals surface area (Å²) < 4.78 is 23.6. The highest BCUT2D eigenvalue weighted by Gasteiger charge is 2.43. The minimum absolute atomic E-state index is 0.204. The van der Waals surface area contributed by atoms with E-state index < -0.39 is 0 Å². The lowest BCUT2D eigenvalue weighted by Gasteiger charge is -2.30. The minimum Gasteiger partial charge on any atom is -0.372 e. The zero-order valence-electron chi connectivity index (χ0n) is 13.5. The van der Waals surface area contributed by atoms with Crippen molar-refractivity contribution < 1.29 is 18.9 Å². The first kappa shape index (κ1) is 16.0. The van der Waals surface area contributed by atoms with E-state index >= 15 is 0 Å². The molecule has 0 N–H and O–H groups in total. The van der Waals surface area contributed by atoms with Gasteiger partial charge in [-0.25, -0.2) is 0 Å². The second-order valence-corrected chi connectivity index (χ2v) is 9.01. The molecule has 0 bridgehead atoms. The van der Waals surface area contributed by atoms with Crippen molar-refractivity contribution in [2.45, 2.75) is 34.9 Å². The Morgan fingerprint density at radius 3 is 1.50 bits per heavy atom. The van der Waals surface area contributed by atoms with Gasteiger partial charge in [0.25, 0.3) is 0 Å². The average Bonchev–Trinajstić information content (AvgIpc) is 3.26. The summed E-state index contributed by atoms with van der Waals surface area (Å²) >= 11 is 3.91. The Hall–Kier alpha value is -0.240. The van der Waals surface area contributed by atoms with Crippen LogP contribution in [0.1, 0.15) is 21.6 Å². The molecule has 0 saturated carbocycles. The van der Waals surface area contributed by atoms with Gasteiger partial charge in [0.05, 0.1) is 49.1 Å². The Kier molecular flexibility index (Phi) is 4.54. The fraction of sp³-hybridized carbons (Fsp3) is 0.667. The van der Waals surface area contributed by atoms with E-state index in [0.717, 1.165) is 37.9 Å². The first-order valence-corrected chi connectivity index (χ1v) is 10.8. The van der Waals surface area contributed by atoms with Crippen LogP contribution < -0.4 is 0 Å².